The van der Waals surface area contributed by atoms with Crippen LogP contribution >= 0.6 is 77.4 Å². The van der Waals surface area contributed by atoms with Gasteiger partial charge in [0.05, 0.1) is 50.5 Å². The number of phosphoric acid groups is 1. The molecule has 2 aromatic carbocycles. The molecule has 1 unspecified atom stereocenters. The maximum absolute atomic E-state index is 13.5. The number of aryl methyl sites for hydroxylation is 1. The number of aliphatic hydroxyl groups excluding tert-OH is 1. The topological polar surface area (TPSA) is 260 Å². The molecule has 6 rings (SSSR count). The highest BCUT2D eigenvalue weighted by molar-refractivity contribution is 7.45. The number of unbranched alkanes of at least 4 members (excludes halogenated alkanes) is 3. The van der Waals surface area contributed by atoms with Crippen molar-refractivity contribution < 1.29 is 52.6 Å². The van der Waals surface area contributed by atoms with Crippen LogP contribution in [-0.2, 0) is 18.3 Å². The molecule has 4 atom stereocenters. The summed E-state index contributed by atoms with van der Waals surface area (Å²) in [5.41, 5.74) is -3.42. The molecular weight excluding hydrogens is 954 g/mol. The van der Waals surface area contributed by atoms with Crippen molar-refractivity contribution in [1.82, 2.24) is 14.9 Å². The van der Waals surface area contributed by atoms with Gasteiger partial charge in [0.25, 0.3) is 19.3 Å². The number of aromatic nitrogens is 2. The number of amides is 1. The third kappa shape index (κ3) is 9.78. The number of carbonyl (C=O) groups is 2. The Morgan fingerprint density at radius 2 is 1.67 bits per heavy atom. The maximum atomic E-state index is 13.5. The first kappa shape index (κ1) is 46.8. The van der Waals surface area contributed by atoms with E-state index in [1.165, 1.54) is 19.2 Å². The smallest absolute Gasteiger partial charge is 0.337 e. The fraction of sp³-hybridized carbons (Fsp3) is 0.324. The minimum Gasteiger partial charge on any atom is -0.756 e. The minimum absolute atomic E-state index is 0.0129. The van der Waals surface area contributed by atoms with Gasteiger partial charge in [-0.2, -0.15) is 0 Å². The van der Waals surface area contributed by atoms with Crippen LogP contribution in [0.5, 0.6) is 5.75 Å². The average molecular weight is 985 g/mol. The number of carbonyl (C=O) groups excluding carboxylic acids is 1. The number of aromatic amines is 1. The highest BCUT2D eigenvalue weighted by atomic mass is 35.5. The number of fused-ring (bicyclic) bond motifs is 2. The second kappa shape index (κ2) is 19.0. The third-order valence-electron chi connectivity index (χ3n) is 9.61. The summed E-state index contributed by atoms with van der Waals surface area (Å²) >= 11 is 38.6. The van der Waals surface area contributed by atoms with Gasteiger partial charge in [0.1, 0.15) is 22.4 Å². The van der Waals surface area contributed by atoms with E-state index in [0.717, 1.165) is 16.7 Å². The van der Waals surface area contributed by atoms with Gasteiger partial charge in [0.15, 0.2) is 17.1 Å². The van der Waals surface area contributed by atoms with Gasteiger partial charge in [-0.1, -0.05) is 82.4 Å². The number of benzene rings is 3. The number of nitrogens with one attached hydrogen (secondary N) is 2. The molecule has 3 aromatic rings. The third-order valence-corrected chi connectivity index (χ3v) is 12.5. The number of carboxylic acid groups (broad SMARTS) is 1. The predicted octanol–water partition coefficient (Wildman–Crippen LogP) is 7.19. The Balaban J connectivity index is 1.08. The summed E-state index contributed by atoms with van der Waals surface area (Å²) in [6, 6.07) is 3.43. The molecule has 1 saturated heterocycles. The molecule has 3 aliphatic rings. The van der Waals surface area contributed by atoms with E-state index in [9.17, 15) is 48.8 Å². The van der Waals surface area contributed by atoms with E-state index < -0.39 is 87.8 Å². The Bertz CT molecular complexity index is 2780. The number of rotatable bonds is 15. The van der Waals surface area contributed by atoms with Crippen LogP contribution in [-0.4, -0.2) is 68.7 Å². The molecule has 0 saturated carbocycles. The Labute approximate surface area is 373 Å². The van der Waals surface area contributed by atoms with E-state index in [1.54, 1.807) is 0 Å². The fourth-order valence-electron chi connectivity index (χ4n) is 6.59. The molecule has 1 fully saturated rings. The minimum atomic E-state index is -4.81. The number of phenolic OH excluding ortho intramolecular Hbond substituents is 1. The van der Waals surface area contributed by atoms with Crippen LogP contribution in [0.25, 0.3) is 33.4 Å². The lowest BCUT2D eigenvalue weighted by Crippen LogP contribution is -2.33. The fourth-order valence-corrected chi connectivity index (χ4v) is 8.95. The van der Waals surface area contributed by atoms with E-state index >= 15 is 0 Å². The standard InChI is InChI=1S/C37H32Cl6N3O14P/c1-14-12-46(37(54)45-34(14)50)23-11-21(47)22(59-23)13-58-61(55,56)57-7-5-3-2-4-6-44-35(51)17-10-18(38)25(36(52)53)26(27(17)41)24-15-8-19(39)30(48)28(42)32(15)60-33-16(24)9-20(40)31(49)29(33)43/h8-10,12,21-23,47-48H,2-7,11,13H2,1H3,(H,44,51)(H,52,53)(H,55,56)(H,45,50,54)/p-1/t21-,22-,23-/m1/s1. The first-order valence-electron chi connectivity index (χ1n) is 18.0. The highest BCUT2D eigenvalue weighted by Crippen LogP contribution is 2.52. The van der Waals surface area contributed by atoms with E-state index in [1.807, 2.05) is 0 Å². The molecule has 5 N–H and O–H groups in total. The summed E-state index contributed by atoms with van der Waals surface area (Å²) in [5, 5.41) is 31.5. The van der Waals surface area contributed by atoms with Gasteiger partial charge in [-0.3, -0.25) is 28.5 Å². The zero-order chi connectivity index (χ0) is 44.7. The monoisotopic (exact) mass is 982 g/mol. The average Bonchev–Trinajstić information content (AvgIpc) is 3.57. The second-order valence-corrected chi connectivity index (χ2v) is 17.5. The lowest BCUT2D eigenvalue weighted by molar-refractivity contribution is -0.228. The number of hydrogen-bond acceptors (Lipinski definition) is 13. The van der Waals surface area contributed by atoms with E-state index in [4.69, 9.17) is 87.8 Å². The van der Waals surface area contributed by atoms with Crippen molar-refractivity contribution >= 4 is 100 Å². The van der Waals surface area contributed by atoms with E-state index in [-0.39, 0.29) is 85.6 Å². The van der Waals surface area contributed by atoms with Crippen LogP contribution in [0.15, 0.2) is 43.2 Å². The molecular formula is C37H31Cl6N3O14P-. The molecule has 1 amide bonds. The van der Waals surface area contributed by atoms with E-state index in [2.05, 4.69) is 10.3 Å². The van der Waals surface area contributed by atoms with Gasteiger partial charge in [0, 0.05) is 46.8 Å². The Morgan fingerprint density at radius 3 is 2.38 bits per heavy atom. The summed E-state index contributed by atoms with van der Waals surface area (Å²) in [4.78, 5) is 77.3. The number of aromatic hydroxyl groups is 1. The molecule has 3 heterocycles. The quantitative estimate of drug-likeness (QED) is 0.0395. The number of ether oxygens (including phenoxy) is 1. The Hall–Kier alpha value is -3.68. The molecule has 2 aliphatic heterocycles. The number of nitrogens with zero attached hydrogens (tertiary/aromatic N) is 1. The second-order valence-electron chi connectivity index (χ2n) is 13.7. The zero-order valence-corrected chi connectivity index (χ0v) is 36.6. The van der Waals surface area contributed by atoms with Crippen LogP contribution in [0.3, 0.4) is 0 Å². The first-order chi connectivity index (χ1) is 28.7. The van der Waals surface area contributed by atoms with Crippen molar-refractivity contribution in [2.24, 2.45) is 0 Å². The van der Waals surface area contributed by atoms with Gasteiger partial charge in [-0.25, -0.2) is 9.59 Å². The van der Waals surface area contributed by atoms with Gasteiger partial charge in [-0.15, -0.1) is 0 Å². The largest absolute Gasteiger partial charge is 0.756 e. The molecule has 0 radical (unpaired) electrons. The van der Waals surface area contributed by atoms with Gasteiger partial charge in [0.2, 0.25) is 5.43 Å². The molecule has 0 spiro atoms. The van der Waals surface area contributed by atoms with Crippen molar-refractivity contribution in [2.45, 2.75) is 57.5 Å². The van der Waals surface area contributed by atoms with Gasteiger partial charge < -0.3 is 43.7 Å². The predicted molar refractivity (Wildman–Crippen MR) is 224 cm³/mol. The van der Waals surface area contributed by atoms with Gasteiger partial charge >= 0.3 is 11.7 Å². The highest BCUT2D eigenvalue weighted by Gasteiger charge is 2.37. The van der Waals surface area contributed by atoms with Gasteiger partial charge in [-0.05, 0) is 38.0 Å². The van der Waals surface area contributed by atoms with Crippen LogP contribution in [0, 0.1) is 6.92 Å². The van der Waals surface area contributed by atoms with E-state index in [0.29, 0.717) is 19.3 Å². The molecule has 1 aromatic heterocycles. The van der Waals surface area contributed by atoms with Crippen molar-refractivity contribution in [3.8, 4) is 28.2 Å². The first-order valence-corrected chi connectivity index (χ1v) is 21.7. The SMILES string of the molecule is Cc1cn([C@H]2C[C@@H](O)[C@@H](COP(=O)([O-])OCCCCCCNC(=O)c3cc(Cl)c(C(=O)O)c(-c4c5cc(Cl)c(=O)c(Cl)c-5oc5c(Cl)c(O)c(Cl)cc45)c3Cl)O2)c(=O)[nH]c1=O. The Morgan fingerprint density at radius 1 is 0.967 bits per heavy atom. The van der Waals surface area contributed by atoms with Crippen LogP contribution in [0.4, 0.5) is 0 Å². The number of aromatic carboxylic acids is 1. The van der Waals surface area contributed by atoms with Crippen molar-refractivity contribution in [3.63, 3.8) is 0 Å². The molecule has 24 heteroatoms. The number of halogens is 6. The number of aliphatic hydroxyl groups is 1. The number of phenols is 1. The molecule has 0 bridgehead atoms. The molecule has 326 valence electrons. The molecule has 1 aliphatic carbocycles. The maximum Gasteiger partial charge on any atom is 0.337 e. The number of phosphoric ester groups is 1. The lowest BCUT2D eigenvalue weighted by atomic mass is 9.89. The summed E-state index contributed by atoms with van der Waals surface area (Å²) in [6.07, 6.45) is -0.371. The Kier molecular flexibility index (Phi) is 14.6. The number of H-pyrrole nitrogens is 1. The van der Waals surface area contributed by atoms with Crippen LogP contribution < -0.4 is 26.9 Å². The summed E-state index contributed by atoms with van der Waals surface area (Å²) < 4.78 is 34.7. The summed E-state index contributed by atoms with van der Waals surface area (Å²) in [5.74, 6) is -3.20. The van der Waals surface area contributed by atoms with Crippen LogP contribution in [0.2, 0.25) is 30.1 Å². The summed E-state index contributed by atoms with van der Waals surface area (Å²) in [6.45, 7) is 0.762. The normalized spacial score (nSPS) is 17.6. The zero-order valence-electron chi connectivity index (χ0n) is 31.2. The van der Waals surface area contributed by atoms with Crippen molar-refractivity contribution in [3.05, 3.63) is 102 Å². The molecule has 17 nitrogen and oxygen atoms in total. The number of hydrogen-bond donors (Lipinski definition) is 5. The molecule has 61 heavy (non-hydrogen) atoms. The lowest BCUT2D eigenvalue weighted by Gasteiger charge is -2.25. The summed E-state index contributed by atoms with van der Waals surface area (Å²) in [7, 11) is -4.81. The van der Waals surface area contributed by atoms with Crippen LogP contribution in [0.1, 0.15) is 64.6 Å². The van der Waals surface area contributed by atoms with Crippen molar-refractivity contribution in [2.75, 3.05) is 19.8 Å². The van der Waals surface area contributed by atoms with Crippen molar-refractivity contribution in [1.29, 1.82) is 0 Å². The number of carboxylic acids is 1.